The third-order valence-electron chi connectivity index (χ3n) is 4.89. The van der Waals surface area contributed by atoms with Crippen LogP contribution in [0.4, 0.5) is 0 Å². The summed E-state index contributed by atoms with van der Waals surface area (Å²) < 4.78 is 6.44. The van der Waals surface area contributed by atoms with E-state index in [0.717, 1.165) is 15.6 Å². The molecule has 4 rings (SSSR count). The van der Waals surface area contributed by atoms with E-state index in [1.54, 1.807) is 11.8 Å². The van der Waals surface area contributed by atoms with E-state index in [-0.39, 0.29) is 17.8 Å². The van der Waals surface area contributed by atoms with Gasteiger partial charge in [0.05, 0.1) is 22.6 Å². The zero-order chi connectivity index (χ0) is 20.5. The van der Waals surface area contributed by atoms with Crippen molar-refractivity contribution < 1.29 is 14.3 Å². The Labute approximate surface area is 182 Å². The first-order valence-corrected chi connectivity index (χ1v) is 10.9. The van der Waals surface area contributed by atoms with E-state index in [9.17, 15) is 9.59 Å². The largest absolute Gasteiger partial charge is 0.457 e. The smallest absolute Gasteiger partial charge is 0.338 e. The summed E-state index contributed by atoms with van der Waals surface area (Å²) in [5.41, 5.74) is 2.69. The number of aliphatic imine (C=N–C) groups is 1. The zero-order valence-corrected chi connectivity index (χ0v) is 18.4. The third-order valence-corrected chi connectivity index (χ3v) is 6.67. The van der Waals surface area contributed by atoms with Crippen LogP contribution in [0.15, 0.2) is 75.3 Å². The second kappa shape index (κ2) is 8.16. The summed E-state index contributed by atoms with van der Waals surface area (Å²) in [5.74, 6) is -0.525. The van der Waals surface area contributed by atoms with Gasteiger partial charge in [-0.3, -0.25) is 9.69 Å². The molecule has 1 fully saturated rings. The van der Waals surface area contributed by atoms with Gasteiger partial charge in [-0.2, -0.15) is 0 Å². The van der Waals surface area contributed by atoms with Crippen molar-refractivity contribution in [3.63, 3.8) is 0 Å². The predicted molar refractivity (Wildman–Crippen MR) is 117 cm³/mol. The van der Waals surface area contributed by atoms with Crippen LogP contribution in [0.25, 0.3) is 0 Å². The molecule has 7 heteroatoms. The number of fused-ring (bicyclic) bond motifs is 1. The van der Waals surface area contributed by atoms with E-state index in [1.165, 1.54) is 11.8 Å². The molecule has 0 bridgehead atoms. The summed E-state index contributed by atoms with van der Waals surface area (Å²) in [4.78, 5) is 32.2. The summed E-state index contributed by atoms with van der Waals surface area (Å²) >= 11 is 4.99. The maximum atomic E-state index is 13.1. The number of nitrogens with zero attached hydrogens (tertiary/aromatic N) is 2. The molecule has 2 aliphatic heterocycles. The molecule has 1 saturated heterocycles. The first-order chi connectivity index (χ1) is 14.0. The molecule has 1 amide bonds. The molecule has 0 spiro atoms. The predicted octanol–water partition coefficient (Wildman–Crippen LogP) is 4.84. The van der Waals surface area contributed by atoms with Crippen LogP contribution in [-0.2, 0) is 20.9 Å². The summed E-state index contributed by atoms with van der Waals surface area (Å²) in [5, 5.41) is 0.381. The second-order valence-corrected chi connectivity index (χ2v) is 9.01. The van der Waals surface area contributed by atoms with Gasteiger partial charge in [-0.15, -0.1) is 0 Å². The Morgan fingerprint density at radius 2 is 1.86 bits per heavy atom. The molecule has 0 saturated carbocycles. The summed E-state index contributed by atoms with van der Waals surface area (Å²) in [6.07, 6.45) is 0. The van der Waals surface area contributed by atoms with Gasteiger partial charge in [-0.25, -0.2) is 9.79 Å². The van der Waals surface area contributed by atoms with Gasteiger partial charge in [0.25, 0.3) is 0 Å². The number of esters is 1. The van der Waals surface area contributed by atoms with Crippen molar-refractivity contribution in [2.24, 2.45) is 4.99 Å². The summed E-state index contributed by atoms with van der Waals surface area (Å²) in [6, 6.07) is 16.5. The Morgan fingerprint density at radius 3 is 2.59 bits per heavy atom. The van der Waals surface area contributed by atoms with Gasteiger partial charge in [-0.1, -0.05) is 76.2 Å². The highest BCUT2D eigenvalue weighted by molar-refractivity contribution is 9.10. The van der Waals surface area contributed by atoms with E-state index >= 15 is 0 Å². The van der Waals surface area contributed by atoms with Crippen LogP contribution in [0.1, 0.15) is 31.0 Å². The Balaban J connectivity index is 1.73. The minimum absolute atomic E-state index is 0.0598. The van der Waals surface area contributed by atoms with Crippen molar-refractivity contribution >= 4 is 44.7 Å². The fourth-order valence-corrected chi connectivity index (χ4v) is 4.99. The van der Waals surface area contributed by atoms with Crippen molar-refractivity contribution in [2.45, 2.75) is 31.7 Å². The molecule has 0 aliphatic carbocycles. The monoisotopic (exact) mass is 470 g/mol. The maximum absolute atomic E-state index is 13.1. The number of carbonyl (C=O) groups excluding carboxylic acids is 2. The van der Waals surface area contributed by atoms with E-state index in [4.69, 9.17) is 4.74 Å². The van der Waals surface area contributed by atoms with Gasteiger partial charge in [0.1, 0.15) is 6.61 Å². The van der Waals surface area contributed by atoms with Crippen molar-refractivity contribution in [1.82, 2.24) is 4.90 Å². The van der Waals surface area contributed by atoms with Gasteiger partial charge in [0, 0.05) is 4.47 Å². The average molecular weight is 471 g/mol. The number of amidine groups is 1. The lowest BCUT2D eigenvalue weighted by Gasteiger charge is -2.33. The second-order valence-electron chi connectivity index (χ2n) is 6.85. The number of ether oxygens (including phenoxy) is 1. The van der Waals surface area contributed by atoms with E-state index < -0.39 is 12.0 Å². The molecule has 0 radical (unpaired) electrons. The molecule has 2 aromatic rings. The molecule has 0 unspecified atom stereocenters. The molecule has 148 valence electrons. The lowest BCUT2D eigenvalue weighted by molar-refractivity contribution is -0.141. The van der Waals surface area contributed by atoms with Gasteiger partial charge in [-0.05, 0) is 31.0 Å². The molecule has 2 heterocycles. The third kappa shape index (κ3) is 3.76. The molecule has 2 aromatic carbocycles. The topological polar surface area (TPSA) is 59.0 Å². The van der Waals surface area contributed by atoms with Crippen LogP contribution in [-0.4, -0.2) is 27.2 Å². The molecule has 2 atom stereocenters. The van der Waals surface area contributed by atoms with Crippen LogP contribution in [0, 0.1) is 0 Å². The number of halogens is 1. The molecule has 5 nitrogen and oxygen atoms in total. The quantitative estimate of drug-likeness (QED) is 0.599. The zero-order valence-electron chi connectivity index (χ0n) is 16.0. The number of carbonyl (C=O) groups is 2. The van der Waals surface area contributed by atoms with Crippen LogP contribution in [0.5, 0.6) is 0 Å². The van der Waals surface area contributed by atoms with E-state index in [1.807, 2.05) is 61.5 Å². The molecule has 0 N–H and O–H groups in total. The van der Waals surface area contributed by atoms with Crippen molar-refractivity contribution in [3.05, 3.63) is 81.5 Å². The van der Waals surface area contributed by atoms with Crippen molar-refractivity contribution in [1.29, 1.82) is 0 Å². The summed E-state index contributed by atoms with van der Waals surface area (Å²) in [7, 11) is 0. The first kappa shape index (κ1) is 19.9. The normalized spacial score (nSPS) is 21.1. The van der Waals surface area contributed by atoms with Crippen molar-refractivity contribution in [3.8, 4) is 0 Å². The van der Waals surface area contributed by atoms with Crippen LogP contribution >= 0.6 is 27.7 Å². The lowest BCUT2D eigenvalue weighted by atomic mass is 9.94. The molecule has 29 heavy (non-hydrogen) atoms. The minimum Gasteiger partial charge on any atom is -0.457 e. The Hall–Kier alpha value is -2.38. The summed E-state index contributed by atoms with van der Waals surface area (Å²) in [6.45, 7) is 3.81. The fourth-order valence-electron chi connectivity index (χ4n) is 3.46. The number of allylic oxidation sites excluding steroid dienone is 1. The number of rotatable bonds is 4. The van der Waals surface area contributed by atoms with Crippen LogP contribution in [0.3, 0.4) is 0 Å². The Bertz CT molecular complexity index is 1040. The molecule has 0 aromatic heterocycles. The van der Waals surface area contributed by atoms with Crippen molar-refractivity contribution in [2.75, 3.05) is 0 Å². The minimum atomic E-state index is -0.578. The number of amides is 1. The van der Waals surface area contributed by atoms with Gasteiger partial charge < -0.3 is 4.74 Å². The number of hydrogen-bond donors (Lipinski definition) is 0. The van der Waals surface area contributed by atoms with E-state index in [0.29, 0.717) is 16.4 Å². The standard InChI is InChI=1S/C22H19BrN2O3S/c1-13-18(21(27)28-12-15-8-4-3-5-9-15)19(16-10-6-7-11-17(16)23)25-20(26)14(2)29-22(25)24-13/h3-11,14,19H,12H2,1-2H3/t14-,19+/m0/s1. The van der Waals surface area contributed by atoms with E-state index in [2.05, 4.69) is 20.9 Å². The number of thioether (sulfide) groups is 1. The SMILES string of the molecule is CC1=C(C(=O)OCc2ccccc2)[C@@H](c2ccccc2Br)N2C(=O)[C@H](C)SC2=N1. The fraction of sp³-hybridized carbons (Fsp3) is 0.227. The van der Waals surface area contributed by atoms with Crippen LogP contribution < -0.4 is 0 Å². The highest BCUT2D eigenvalue weighted by Gasteiger charge is 2.46. The molecule has 2 aliphatic rings. The number of hydrogen-bond acceptors (Lipinski definition) is 5. The lowest BCUT2D eigenvalue weighted by Crippen LogP contribution is -2.40. The Kier molecular flexibility index (Phi) is 5.61. The molecular weight excluding hydrogens is 452 g/mol. The highest BCUT2D eigenvalue weighted by Crippen LogP contribution is 2.44. The van der Waals surface area contributed by atoms with Gasteiger partial charge in [0.15, 0.2) is 5.17 Å². The Morgan fingerprint density at radius 1 is 1.17 bits per heavy atom. The first-order valence-electron chi connectivity index (χ1n) is 9.22. The van der Waals surface area contributed by atoms with Gasteiger partial charge in [0.2, 0.25) is 5.91 Å². The average Bonchev–Trinajstić information content (AvgIpc) is 3.00. The maximum Gasteiger partial charge on any atom is 0.338 e. The highest BCUT2D eigenvalue weighted by atomic mass is 79.9. The van der Waals surface area contributed by atoms with Crippen LogP contribution in [0.2, 0.25) is 0 Å². The molecular formula is C22H19BrN2O3S. The van der Waals surface area contributed by atoms with Gasteiger partial charge >= 0.3 is 5.97 Å². The number of benzene rings is 2.